The van der Waals surface area contributed by atoms with Crippen LogP contribution in [0.15, 0.2) is 0 Å². The molecule has 0 aromatic heterocycles. The fourth-order valence-corrected chi connectivity index (χ4v) is 2.86. The molecule has 2 atom stereocenters. The number of methoxy groups -OCH3 is 1. The minimum absolute atomic E-state index is 0.136. The van der Waals surface area contributed by atoms with Gasteiger partial charge in [-0.3, -0.25) is 10.1 Å². The summed E-state index contributed by atoms with van der Waals surface area (Å²) in [5, 5.41) is 3.35. The van der Waals surface area contributed by atoms with Gasteiger partial charge in [0.2, 0.25) is 0 Å². The highest BCUT2D eigenvalue weighted by molar-refractivity contribution is 7.99. The summed E-state index contributed by atoms with van der Waals surface area (Å²) in [4.78, 5) is 11.3. The Kier molecular flexibility index (Phi) is 3.84. The lowest BCUT2D eigenvalue weighted by Crippen LogP contribution is -2.54. The molecule has 0 amide bonds. The summed E-state index contributed by atoms with van der Waals surface area (Å²) in [6, 6.07) is 0.244. The van der Waals surface area contributed by atoms with E-state index >= 15 is 0 Å². The monoisotopic (exact) mass is 217 g/mol. The van der Waals surface area contributed by atoms with Crippen LogP contribution in [0.4, 0.5) is 0 Å². The number of hydrogen-bond donors (Lipinski definition) is 1. The van der Waals surface area contributed by atoms with Gasteiger partial charge in [-0.05, 0) is 5.41 Å². The van der Waals surface area contributed by atoms with Crippen molar-refractivity contribution in [3.63, 3.8) is 0 Å². The summed E-state index contributed by atoms with van der Waals surface area (Å²) in [5.41, 5.74) is 0.194. The van der Waals surface area contributed by atoms with Crippen molar-refractivity contribution < 1.29 is 9.53 Å². The maximum Gasteiger partial charge on any atom is 0.323 e. The summed E-state index contributed by atoms with van der Waals surface area (Å²) >= 11 is 1.82. The number of thioether (sulfide) groups is 1. The molecule has 1 rings (SSSR count). The first-order chi connectivity index (χ1) is 6.45. The number of carbonyl (C=O) groups is 1. The summed E-state index contributed by atoms with van der Waals surface area (Å²) in [7, 11) is 1.44. The van der Waals surface area contributed by atoms with Gasteiger partial charge >= 0.3 is 5.97 Å². The fourth-order valence-electron chi connectivity index (χ4n) is 1.42. The van der Waals surface area contributed by atoms with E-state index in [1.54, 1.807) is 0 Å². The van der Waals surface area contributed by atoms with Gasteiger partial charge in [0.25, 0.3) is 0 Å². The van der Waals surface area contributed by atoms with Crippen molar-refractivity contribution >= 4 is 17.7 Å². The van der Waals surface area contributed by atoms with Crippen LogP contribution in [0.2, 0.25) is 0 Å². The van der Waals surface area contributed by atoms with Gasteiger partial charge in [0, 0.05) is 17.5 Å². The molecule has 0 aromatic carbocycles. The second-order valence-corrected chi connectivity index (χ2v) is 5.77. The van der Waals surface area contributed by atoms with Gasteiger partial charge in [-0.25, -0.2) is 0 Å². The van der Waals surface area contributed by atoms with E-state index in [1.165, 1.54) is 7.11 Å². The maximum absolute atomic E-state index is 11.3. The molecule has 0 radical (unpaired) electrons. The normalized spacial score (nSPS) is 28.6. The molecule has 4 heteroatoms. The lowest BCUT2D eigenvalue weighted by Gasteiger charge is -2.37. The Bertz CT molecular complexity index is 213. The first-order valence-corrected chi connectivity index (χ1v) is 6.02. The predicted molar refractivity (Wildman–Crippen MR) is 59.5 cm³/mol. The molecule has 0 saturated carbocycles. The molecule has 3 nitrogen and oxygen atoms in total. The Balaban J connectivity index is 2.56. The third-order valence-electron chi connectivity index (χ3n) is 2.50. The van der Waals surface area contributed by atoms with E-state index in [-0.39, 0.29) is 17.4 Å². The molecule has 1 aliphatic heterocycles. The average Bonchev–Trinajstić information content (AvgIpc) is 2.15. The third-order valence-corrected chi connectivity index (χ3v) is 3.64. The van der Waals surface area contributed by atoms with Gasteiger partial charge in [-0.2, -0.15) is 11.8 Å². The van der Waals surface area contributed by atoms with E-state index in [0.717, 1.165) is 11.5 Å². The van der Waals surface area contributed by atoms with Crippen molar-refractivity contribution in [2.75, 3.05) is 18.6 Å². The van der Waals surface area contributed by atoms with Gasteiger partial charge in [0.1, 0.15) is 6.04 Å². The van der Waals surface area contributed by atoms with Crippen molar-refractivity contribution in [1.29, 1.82) is 0 Å². The Morgan fingerprint density at radius 1 is 1.43 bits per heavy atom. The molecular formula is C10H19NO2S. The summed E-state index contributed by atoms with van der Waals surface area (Å²) in [6.45, 7) is 6.56. The van der Waals surface area contributed by atoms with Crippen LogP contribution in [-0.2, 0) is 9.53 Å². The smallest absolute Gasteiger partial charge is 0.323 e. The molecule has 1 aliphatic rings. The van der Waals surface area contributed by atoms with Crippen molar-refractivity contribution in [2.24, 2.45) is 5.41 Å². The highest BCUT2D eigenvalue weighted by Crippen LogP contribution is 2.26. The van der Waals surface area contributed by atoms with Crippen LogP contribution in [0.1, 0.15) is 20.8 Å². The largest absolute Gasteiger partial charge is 0.468 e. The molecule has 1 heterocycles. The first-order valence-electron chi connectivity index (χ1n) is 4.87. The topological polar surface area (TPSA) is 38.3 Å². The van der Waals surface area contributed by atoms with Crippen LogP contribution >= 0.6 is 11.8 Å². The molecule has 2 unspecified atom stereocenters. The van der Waals surface area contributed by atoms with Gasteiger partial charge < -0.3 is 4.74 Å². The standard InChI is InChI=1S/C10H19NO2S/c1-10(2,3)8-6-14-5-7(11-8)9(12)13-4/h7-8,11H,5-6H2,1-4H3. The van der Waals surface area contributed by atoms with Crippen LogP contribution in [-0.4, -0.2) is 36.7 Å². The summed E-state index contributed by atoms with van der Waals surface area (Å²) < 4.78 is 4.74. The molecule has 0 aliphatic carbocycles. The van der Waals surface area contributed by atoms with Crippen LogP contribution in [0.25, 0.3) is 0 Å². The Morgan fingerprint density at radius 3 is 2.57 bits per heavy atom. The van der Waals surface area contributed by atoms with E-state index in [9.17, 15) is 4.79 Å². The van der Waals surface area contributed by atoms with Crippen molar-refractivity contribution in [1.82, 2.24) is 5.32 Å². The second-order valence-electron chi connectivity index (χ2n) is 4.70. The lowest BCUT2D eigenvalue weighted by molar-refractivity contribution is -0.142. The molecule has 1 fully saturated rings. The number of hydrogen-bond acceptors (Lipinski definition) is 4. The van der Waals surface area contributed by atoms with Crippen molar-refractivity contribution in [2.45, 2.75) is 32.9 Å². The summed E-state index contributed by atoms with van der Waals surface area (Å²) in [6.07, 6.45) is 0. The first kappa shape index (κ1) is 11.9. The van der Waals surface area contributed by atoms with E-state index < -0.39 is 0 Å². The van der Waals surface area contributed by atoms with E-state index in [2.05, 4.69) is 26.1 Å². The number of esters is 1. The quantitative estimate of drug-likeness (QED) is 0.672. The van der Waals surface area contributed by atoms with E-state index in [0.29, 0.717) is 6.04 Å². The number of ether oxygens (including phenoxy) is 1. The average molecular weight is 217 g/mol. The Hall–Kier alpha value is -0.220. The SMILES string of the molecule is COC(=O)C1CSCC(C(C)(C)C)N1. The second kappa shape index (κ2) is 4.53. The van der Waals surface area contributed by atoms with Gasteiger partial charge in [0.15, 0.2) is 0 Å². The minimum atomic E-state index is -0.147. The molecule has 1 N–H and O–H groups in total. The number of nitrogens with one attached hydrogen (secondary N) is 1. The summed E-state index contributed by atoms with van der Waals surface area (Å²) in [5.74, 6) is 1.74. The molecule has 0 bridgehead atoms. The van der Waals surface area contributed by atoms with Crippen LogP contribution in [0, 0.1) is 5.41 Å². The molecular weight excluding hydrogens is 198 g/mol. The van der Waals surface area contributed by atoms with Gasteiger partial charge in [0.05, 0.1) is 7.11 Å². The molecule has 0 aromatic rings. The van der Waals surface area contributed by atoms with Crippen LogP contribution in [0.3, 0.4) is 0 Å². The molecule has 14 heavy (non-hydrogen) atoms. The van der Waals surface area contributed by atoms with Crippen LogP contribution in [0.5, 0.6) is 0 Å². The van der Waals surface area contributed by atoms with Gasteiger partial charge in [-0.1, -0.05) is 20.8 Å². The Labute approximate surface area is 90.0 Å². The molecule has 0 spiro atoms. The van der Waals surface area contributed by atoms with Crippen molar-refractivity contribution in [3.05, 3.63) is 0 Å². The number of rotatable bonds is 1. The van der Waals surface area contributed by atoms with E-state index in [1.807, 2.05) is 11.8 Å². The predicted octanol–water partition coefficient (Wildman–Crippen LogP) is 1.28. The zero-order valence-electron chi connectivity index (χ0n) is 9.29. The molecule has 82 valence electrons. The van der Waals surface area contributed by atoms with E-state index in [4.69, 9.17) is 4.74 Å². The minimum Gasteiger partial charge on any atom is -0.468 e. The van der Waals surface area contributed by atoms with Crippen molar-refractivity contribution in [3.8, 4) is 0 Å². The highest BCUT2D eigenvalue weighted by Gasteiger charge is 2.33. The van der Waals surface area contributed by atoms with Gasteiger partial charge in [-0.15, -0.1) is 0 Å². The lowest BCUT2D eigenvalue weighted by atomic mass is 9.87. The zero-order chi connectivity index (χ0) is 10.8. The zero-order valence-corrected chi connectivity index (χ0v) is 10.1. The van der Waals surface area contributed by atoms with Crippen LogP contribution < -0.4 is 5.32 Å². The number of carbonyl (C=O) groups excluding carboxylic acids is 1. The molecule has 1 saturated heterocycles. The fraction of sp³-hybridized carbons (Fsp3) is 0.900. The third kappa shape index (κ3) is 2.89. The maximum atomic E-state index is 11.3. The Morgan fingerprint density at radius 2 is 2.07 bits per heavy atom. The highest BCUT2D eigenvalue weighted by atomic mass is 32.2.